The molecule has 0 aromatic heterocycles. The molecule has 110 valence electrons. The lowest BCUT2D eigenvalue weighted by Gasteiger charge is -2.29. The molecule has 1 unspecified atom stereocenters. The average molecular weight is 371 g/mol. The van der Waals surface area contributed by atoms with E-state index in [2.05, 4.69) is 21.2 Å². The second-order valence-corrected chi connectivity index (χ2v) is 6.04. The van der Waals surface area contributed by atoms with Crippen LogP contribution in [0.1, 0.15) is 22.8 Å². The molecule has 1 amide bonds. The van der Waals surface area contributed by atoms with E-state index < -0.39 is 11.4 Å². The van der Waals surface area contributed by atoms with Crippen LogP contribution in [0.3, 0.4) is 0 Å². The smallest absolute Gasteiger partial charge is 0.252 e. The minimum Gasteiger partial charge on any atom is -0.342 e. The summed E-state index contributed by atoms with van der Waals surface area (Å²) in [5.41, 5.74) is 0.589. The minimum absolute atomic E-state index is 0.227. The van der Waals surface area contributed by atoms with Gasteiger partial charge in [0.15, 0.2) is 0 Å². The molecule has 0 radical (unpaired) electrons. The lowest BCUT2D eigenvalue weighted by molar-refractivity contribution is 0.0913. The molecule has 0 saturated carbocycles. The molecule has 21 heavy (non-hydrogen) atoms. The molecule has 2 nitrogen and oxygen atoms in total. The van der Waals surface area contributed by atoms with Crippen molar-refractivity contribution in [2.24, 2.45) is 0 Å². The van der Waals surface area contributed by atoms with Crippen LogP contribution in [0, 0.1) is 5.82 Å². The maximum Gasteiger partial charge on any atom is 0.252 e. The highest BCUT2D eigenvalue weighted by molar-refractivity contribution is 9.10. The molecule has 0 spiro atoms. The zero-order valence-corrected chi connectivity index (χ0v) is 13.7. The summed E-state index contributed by atoms with van der Waals surface area (Å²) in [5.74, 6) is -0.483. The van der Waals surface area contributed by atoms with E-state index in [1.165, 1.54) is 18.2 Å². The second-order valence-electron chi connectivity index (χ2n) is 4.91. The molecule has 0 aliphatic carbocycles. The molecule has 2 aromatic rings. The van der Waals surface area contributed by atoms with Gasteiger partial charge < -0.3 is 5.32 Å². The normalized spacial score (nSPS) is 13.5. The van der Waals surface area contributed by atoms with Crippen molar-refractivity contribution < 1.29 is 9.18 Å². The van der Waals surface area contributed by atoms with Gasteiger partial charge in [0, 0.05) is 11.4 Å². The Morgan fingerprint density at radius 3 is 2.52 bits per heavy atom. The second kappa shape index (κ2) is 6.58. The molecule has 1 atom stereocenters. The molecule has 0 bridgehead atoms. The number of nitrogens with one attached hydrogen (secondary N) is 1. The first-order valence-corrected chi connectivity index (χ1v) is 7.68. The van der Waals surface area contributed by atoms with Crippen LogP contribution in [0.5, 0.6) is 0 Å². The number of benzene rings is 2. The summed E-state index contributed by atoms with van der Waals surface area (Å²) in [6.07, 6.45) is 0. The SMILES string of the molecule is CC(CCl)(NC(=O)c1ccc(F)c(Br)c1)c1ccccc1. The molecule has 5 heteroatoms. The minimum atomic E-state index is -0.694. The van der Waals surface area contributed by atoms with Gasteiger partial charge in [-0.3, -0.25) is 4.79 Å². The van der Waals surface area contributed by atoms with Crippen LogP contribution in [-0.4, -0.2) is 11.8 Å². The van der Waals surface area contributed by atoms with Crippen LogP contribution in [0.25, 0.3) is 0 Å². The number of rotatable bonds is 4. The van der Waals surface area contributed by atoms with Crippen LogP contribution in [0.15, 0.2) is 53.0 Å². The fraction of sp³-hybridized carbons (Fsp3) is 0.188. The lowest BCUT2D eigenvalue weighted by Crippen LogP contribution is -2.45. The predicted octanol–water partition coefficient (Wildman–Crippen LogP) is 4.47. The largest absolute Gasteiger partial charge is 0.342 e. The zero-order chi connectivity index (χ0) is 15.5. The third-order valence-electron chi connectivity index (χ3n) is 3.25. The maximum absolute atomic E-state index is 13.2. The molecule has 0 saturated heterocycles. The van der Waals surface area contributed by atoms with E-state index in [-0.39, 0.29) is 16.3 Å². The van der Waals surface area contributed by atoms with Crippen molar-refractivity contribution in [3.8, 4) is 0 Å². The summed E-state index contributed by atoms with van der Waals surface area (Å²) in [6, 6.07) is 13.6. The van der Waals surface area contributed by atoms with E-state index in [0.29, 0.717) is 5.56 Å². The topological polar surface area (TPSA) is 29.1 Å². The molecular formula is C16H14BrClFNO. The Hall–Kier alpha value is -1.39. The Labute approximate surface area is 136 Å². The summed E-state index contributed by atoms with van der Waals surface area (Å²) in [7, 11) is 0. The van der Waals surface area contributed by atoms with Crippen molar-refractivity contribution >= 4 is 33.4 Å². The van der Waals surface area contributed by atoms with Crippen LogP contribution >= 0.6 is 27.5 Å². The molecular weight excluding hydrogens is 357 g/mol. The van der Waals surface area contributed by atoms with Gasteiger partial charge in [-0.15, -0.1) is 11.6 Å². The Morgan fingerprint density at radius 1 is 1.29 bits per heavy atom. The number of alkyl halides is 1. The molecule has 0 heterocycles. The van der Waals surface area contributed by atoms with Gasteiger partial charge in [0.1, 0.15) is 5.82 Å². The first-order chi connectivity index (χ1) is 9.96. The van der Waals surface area contributed by atoms with E-state index in [0.717, 1.165) is 5.56 Å². The Kier molecular flexibility index (Phi) is 5.01. The third kappa shape index (κ3) is 3.63. The van der Waals surface area contributed by atoms with E-state index >= 15 is 0 Å². The van der Waals surface area contributed by atoms with E-state index in [1.807, 2.05) is 37.3 Å². The zero-order valence-electron chi connectivity index (χ0n) is 11.4. The highest BCUT2D eigenvalue weighted by Crippen LogP contribution is 2.23. The molecule has 0 aliphatic heterocycles. The first-order valence-electron chi connectivity index (χ1n) is 6.35. The molecule has 0 aliphatic rings. The monoisotopic (exact) mass is 369 g/mol. The van der Waals surface area contributed by atoms with Gasteiger partial charge in [-0.05, 0) is 46.6 Å². The summed E-state index contributed by atoms with van der Waals surface area (Å²) in [6.45, 7) is 1.85. The van der Waals surface area contributed by atoms with Gasteiger partial charge in [-0.1, -0.05) is 30.3 Å². The molecule has 1 N–H and O–H groups in total. The fourth-order valence-electron chi connectivity index (χ4n) is 1.95. The van der Waals surface area contributed by atoms with Crippen LogP contribution in [0.4, 0.5) is 4.39 Å². The number of carbonyl (C=O) groups excluding carboxylic acids is 1. The highest BCUT2D eigenvalue weighted by Gasteiger charge is 2.28. The summed E-state index contributed by atoms with van der Waals surface area (Å²) in [4.78, 5) is 12.3. The number of amides is 1. The fourth-order valence-corrected chi connectivity index (χ4v) is 2.55. The van der Waals surface area contributed by atoms with Crippen molar-refractivity contribution in [3.05, 3.63) is 69.9 Å². The Balaban J connectivity index is 2.26. The van der Waals surface area contributed by atoms with Crippen LogP contribution in [-0.2, 0) is 5.54 Å². The average Bonchev–Trinajstić information content (AvgIpc) is 2.50. The van der Waals surface area contributed by atoms with Crippen molar-refractivity contribution in [2.45, 2.75) is 12.5 Å². The van der Waals surface area contributed by atoms with Crippen LogP contribution < -0.4 is 5.32 Å². The third-order valence-corrected chi connectivity index (χ3v) is 4.39. The van der Waals surface area contributed by atoms with E-state index in [1.54, 1.807) is 0 Å². The van der Waals surface area contributed by atoms with E-state index in [4.69, 9.17) is 11.6 Å². The highest BCUT2D eigenvalue weighted by atomic mass is 79.9. The quantitative estimate of drug-likeness (QED) is 0.790. The lowest BCUT2D eigenvalue weighted by atomic mass is 9.93. The van der Waals surface area contributed by atoms with Crippen molar-refractivity contribution in [1.29, 1.82) is 0 Å². The van der Waals surface area contributed by atoms with Gasteiger partial charge >= 0.3 is 0 Å². The van der Waals surface area contributed by atoms with E-state index in [9.17, 15) is 9.18 Å². The summed E-state index contributed by atoms with van der Waals surface area (Å²) < 4.78 is 13.5. The summed E-state index contributed by atoms with van der Waals surface area (Å²) in [5, 5.41) is 2.91. The van der Waals surface area contributed by atoms with Gasteiger partial charge in [0.05, 0.1) is 10.0 Å². The van der Waals surface area contributed by atoms with Crippen molar-refractivity contribution in [2.75, 3.05) is 5.88 Å². The molecule has 2 aromatic carbocycles. The number of hydrogen-bond acceptors (Lipinski definition) is 1. The molecule has 0 fully saturated rings. The van der Waals surface area contributed by atoms with Crippen LogP contribution in [0.2, 0.25) is 0 Å². The predicted molar refractivity (Wildman–Crippen MR) is 86.1 cm³/mol. The van der Waals surface area contributed by atoms with Gasteiger partial charge in [-0.2, -0.15) is 0 Å². The number of carbonyl (C=O) groups is 1. The first kappa shape index (κ1) is 16.0. The number of halogens is 3. The maximum atomic E-state index is 13.2. The Morgan fingerprint density at radius 2 is 1.95 bits per heavy atom. The standard InChI is InChI=1S/C16H14BrClFNO/c1-16(10-18,12-5-3-2-4-6-12)20-15(21)11-7-8-14(19)13(17)9-11/h2-9H,10H2,1H3,(H,20,21). The van der Waals surface area contributed by atoms with Gasteiger partial charge in [-0.25, -0.2) is 4.39 Å². The number of hydrogen-bond donors (Lipinski definition) is 1. The summed E-state index contributed by atoms with van der Waals surface area (Å²) >= 11 is 9.12. The van der Waals surface area contributed by atoms with Gasteiger partial charge in [0.25, 0.3) is 5.91 Å². The molecule has 2 rings (SSSR count). The van der Waals surface area contributed by atoms with Crippen molar-refractivity contribution in [3.63, 3.8) is 0 Å². The van der Waals surface area contributed by atoms with Crippen molar-refractivity contribution in [1.82, 2.24) is 5.32 Å². The van der Waals surface area contributed by atoms with Gasteiger partial charge in [0.2, 0.25) is 0 Å². The Bertz CT molecular complexity index is 650.